The number of hydrogen-bond donors (Lipinski definition) is 0. The van der Waals surface area contributed by atoms with Gasteiger partial charge in [-0.2, -0.15) is 0 Å². The second-order valence-electron chi connectivity index (χ2n) is 3.46. The third-order valence-electron chi connectivity index (χ3n) is 2.54. The summed E-state index contributed by atoms with van der Waals surface area (Å²) >= 11 is 0. The number of hydrogen-bond acceptors (Lipinski definition) is 3. The molecule has 4 heteroatoms. The summed E-state index contributed by atoms with van der Waals surface area (Å²) < 4.78 is 18.7. The lowest BCUT2D eigenvalue weighted by molar-refractivity contribution is -0.339. The maximum Gasteiger partial charge on any atom is 0.149 e. The molecule has 0 spiro atoms. The van der Waals surface area contributed by atoms with Crippen LogP contribution < -0.4 is 0 Å². The van der Waals surface area contributed by atoms with E-state index in [4.69, 9.17) is 14.5 Å². The second kappa shape index (κ2) is 3.02. The van der Waals surface area contributed by atoms with Gasteiger partial charge >= 0.3 is 0 Å². The summed E-state index contributed by atoms with van der Waals surface area (Å²) in [5, 5.41) is 0. The maximum absolute atomic E-state index is 13.4. The zero-order valence-electron chi connectivity index (χ0n) is 7.35. The highest BCUT2D eigenvalue weighted by Crippen LogP contribution is 2.41. The number of halogens is 1. The molecule has 0 saturated carbocycles. The summed E-state index contributed by atoms with van der Waals surface area (Å²) in [7, 11) is 0. The molecule has 3 atom stereocenters. The maximum atomic E-state index is 13.4. The normalized spacial score (nSPS) is 35.1. The quantitative estimate of drug-likeness (QED) is 0.505. The first-order valence-electron chi connectivity index (χ1n) is 4.54. The molecule has 2 heterocycles. The zero-order valence-corrected chi connectivity index (χ0v) is 7.35. The molecule has 1 aromatic rings. The largest absolute Gasteiger partial charge is 0.364 e. The van der Waals surface area contributed by atoms with E-state index in [0.717, 1.165) is 0 Å². The summed E-state index contributed by atoms with van der Waals surface area (Å²) in [5.41, 5.74) is 0.500. The van der Waals surface area contributed by atoms with Gasteiger partial charge in [0.1, 0.15) is 30.7 Å². The van der Waals surface area contributed by atoms with Crippen molar-refractivity contribution in [2.75, 3.05) is 6.61 Å². The van der Waals surface area contributed by atoms with Crippen LogP contribution in [0.5, 0.6) is 0 Å². The van der Waals surface area contributed by atoms with Crippen molar-refractivity contribution >= 4 is 0 Å². The molecule has 14 heavy (non-hydrogen) atoms. The van der Waals surface area contributed by atoms with Crippen LogP contribution in [0, 0.1) is 5.82 Å². The fourth-order valence-electron chi connectivity index (χ4n) is 1.73. The van der Waals surface area contributed by atoms with Crippen LogP contribution in [0.3, 0.4) is 0 Å². The first kappa shape index (κ1) is 8.35. The topological polar surface area (TPSA) is 31.0 Å². The van der Waals surface area contributed by atoms with Crippen LogP contribution >= 0.6 is 0 Å². The minimum absolute atomic E-state index is 0.0411. The predicted molar refractivity (Wildman–Crippen MR) is 44.8 cm³/mol. The third kappa shape index (κ3) is 1.23. The molecule has 0 amide bonds. The van der Waals surface area contributed by atoms with E-state index in [-0.39, 0.29) is 18.0 Å². The van der Waals surface area contributed by atoms with Crippen molar-refractivity contribution in [2.24, 2.45) is 0 Å². The Kier molecular flexibility index (Phi) is 1.80. The van der Waals surface area contributed by atoms with E-state index in [9.17, 15) is 4.39 Å². The minimum Gasteiger partial charge on any atom is -0.364 e. The molecule has 1 aromatic carbocycles. The van der Waals surface area contributed by atoms with Gasteiger partial charge in [0.15, 0.2) is 0 Å². The zero-order chi connectivity index (χ0) is 9.54. The minimum atomic E-state index is -0.421. The van der Waals surface area contributed by atoms with Crippen molar-refractivity contribution in [1.29, 1.82) is 0 Å². The standard InChI is InChI=1S/C10H9FO3/c11-7-4-2-1-3-6(7)9-10-8(13-10)5-12-14-9/h1-4,8-10H,5H2/t8-,9-,10-/m1/s1. The van der Waals surface area contributed by atoms with Crippen LogP contribution in [-0.2, 0) is 14.5 Å². The smallest absolute Gasteiger partial charge is 0.149 e. The Hall–Kier alpha value is -0.970. The van der Waals surface area contributed by atoms with Gasteiger partial charge in [-0.15, -0.1) is 0 Å². The number of epoxide rings is 1. The first-order valence-corrected chi connectivity index (χ1v) is 4.54. The molecule has 2 aliphatic rings. The van der Waals surface area contributed by atoms with Crippen molar-refractivity contribution < 1.29 is 18.9 Å². The second-order valence-corrected chi connectivity index (χ2v) is 3.46. The summed E-state index contributed by atoms with van der Waals surface area (Å²) in [6, 6.07) is 6.51. The van der Waals surface area contributed by atoms with Gasteiger partial charge in [0, 0.05) is 5.56 Å². The summed E-state index contributed by atoms with van der Waals surface area (Å²) in [6.45, 7) is 0.440. The van der Waals surface area contributed by atoms with Gasteiger partial charge in [-0.25, -0.2) is 14.2 Å². The molecule has 0 aromatic heterocycles. The lowest BCUT2D eigenvalue weighted by atomic mass is 10.0. The van der Waals surface area contributed by atoms with Crippen molar-refractivity contribution in [3.8, 4) is 0 Å². The molecule has 0 radical (unpaired) electrons. The van der Waals surface area contributed by atoms with E-state index in [2.05, 4.69) is 0 Å². The van der Waals surface area contributed by atoms with Crippen LogP contribution in [0.15, 0.2) is 24.3 Å². The molecule has 2 aliphatic heterocycles. The molecular weight excluding hydrogens is 187 g/mol. The Balaban J connectivity index is 1.91. The highest BCUT2D eigenvalue weighted by atomic mass is 19.1. The van der Waals surface area contributed by atoms with Crippen molar-refractivity contribution in [3.05, 3.63) is 35.6 Å². The van der Waals surface area contributed by atoms with Gasteiger partial charge in [-0.05, 0) is 6.07 Å². The summed E-state index contributed by atoms with van der Waals surface area (Å²) in [6.07, 6.45) is -0.385. The Morgan fingerprint density at radius 1 is 1.29 bits per heavy atom. The molecule has 0 unspecified atom stereocenters. The van der Waals surface area contributed by atoms with Gasteiger partial charge in [0.25, 0.3) is 0 Å². The number of fused-ring (bicyclic) bond motifs is 1. The van der Waals surface area contributed by atoms with Crippen LogP contribution in [0.2, 0.25) is 0 Å². The van der Waals surface area contributed by atoms with Gasteiger partial charge in [0.2, 0.25) is 0 Å². The van der Waals surface area contributed by atoms with E-state index >= 15 is 0 Å². The average Bonchev–Trinajstić information content (AvgIpc) is 2.97. The summed E-state index contributed by atoms with van der Waals surface area (Å²) in [5.74, 6) is -0.280. The highest BCUT2D eigenvalue weighted by molar-refractivity contribution is 5.23. The van der Waals surface area contributed by atoms with E-state index in [1.165, 1.54) is 6.07 Å². The van der Waals surface area contributed by atoms with Crippen LogP contribution in [-0.4, -0.2) is 18.8 Å². The number of rotatable bonds is 1. The molecule has 3 nitrogen and oxygen atoms in total. The Bertz CT molecular complexity index is 355. The Labute approximate surface area is 80.3 Å². The van der Waals surface area contributed by atoms with Gasteiger partial charge < -0.3 is 4.74 Å². The lowest BCUT2D eigenvalue weighted by Crippen LogP contribution is -2.22. The third-order valence-corrected chi connectivity index (χ3v) is 2.54. The SMILES string of the molecule is Fc1ccccc1[C@H]1OOC[C@H]2O[C@@H]12. The Morgan fingerprint density at radius 2 is 2.14 bits per heavy atom. The fraction of sp³-hybridized carbons (Fsp3) is 0.400. The Morgan fingerprint density at radius 3 is 3.00 bits per heavy atom. The first-order chi connectivity index (χ1) is 6.86. The van der Waals surface area contributed by atoms with Crippen molar-refractivity contribution in [3.63, 3.8) is 0 Å². The van der Waals surface area contributed by atoms with E-state index in [1.54, 1.807) is 18.2 Å². The van der Waals surface area contributed by atoms with E-state index < -0.39 is 6.10 Å². The average molecular weight is 196 g/mol. The van der Waals surface area contributed by atoms with Crippen LogP contribution in [0.1, 0.15) is 11.7 Å². The molecule has 3 rings (SSSR count). The number of benzene rings is 1. The van der Waals surface area contributed by atoms with Gasteiger partial charge in [0.05, 0.1) is 0 Å². The van der Waals surface area contributed by atoms with Gasteiger partial charge in [-0.3, -0.25) is 0 Å². The fourth-order valence-corrected chi connectivity index (χ4v) is 1.73. The van der Waals surface area contributed by atoms with Crippen molar-refractivity contribution in [1.82, 2.24) is 0 Å². The van der Waals surface area contributed by atoms with E-state index in [0.29, 0.717) is 12.2 Å². The van der Waals surface area contributed by atoms with Crippen molar-refractivity contribution in [2.45, 2.75) is 18.3 Å². The monoisotopic (exact) mass is 196 g/mol. The molecule has 2 saturated heterocycles. The molecular formula is C10H9FO3. The molecule has 0 aliphatic carbocycles. The van der Waals surface area contributed by atoms with E-state index in [1.807, 2.05) is 0 Å². The molecule has 74 valence electrons. The summed E-state index contributed by atoms with van der Waals surface area (Å²) in [4.78, 5) is 9.89. The van der Waals surface area contributed by atoms with Gasteiger partial charge in [-0.1, -0.05) is 18.2 Å². The highest BCUT2D eigenvalue weighted by Gasteiger charge is 2.51. The molecule has 0 N–H and O–H groups in total. The van der Waals surface area contributed by atoms with Crippen LogP contribution in [0.4, 0.5) is 4.39 Å². The molecule has 0 bridgehead atoms. The molecule has 2 fully saturated rings. The lowest BCUT2D eigenvalue weighted by Gasteiger charge is -2.18. The number of ether oxygens (including phenoxy) is 1. The predicted octanol–water partition coefficient (Wildman–Crippen LogP) is 1.60. The van der Waals surface area contributed by atoms with Crippen LogP contribution in [0.25, 0.3) is 0 Å².